The predicted octanol–water partition coefficient (Wildman–Crippen LogP) is 4.73. The number of nitrogen functional groups attached to an aromatic ring is 1. The zero-order chi connectivity index (χ0) is 29.1. The molecule has 2 atom stereocenters. The number of halogens is 1. The van der Waals surface area contributed by atoms with E-state index in [4.69, 9.17) is 20.2 Å². The second kappa shape index (κ2) is 10.1. The van der Waals surface area contributed by atoms with Gasteiger partial charge in [-0.3, -0.25) is 0 Å². The fourth-order valence-corrected chi connectivity index (χ4v) is 6.18. The molecule has 7 rings (SSSR count). The average Bonchev–Trinajstić information content (AvgIpc) is 3.31. The predicted molar refractivity (Wildman–Crippen MR) is 157 cm³/mol. The molecule has 0 radical (unpaired) electrons. The van der Waals surface area contributed by atoms with Gasteiger partial charge in [0.25, 0.3) is 0 Å². The van der Waals surface area contributed by atoms with E-state index in [1.165, 1.54) is 0 Å². The van der Waals surface area contributed by atoms with Crippen LogP contribution in [0.1, 0.15) is 55.1 Å². The zero-order valence-corrected chi connectivity index (χ0v) is 23.6. The van der Waals surface area contributed by atoms with E-state index in [-0.39, 0.29) is 41.8 Å². The summed E-state index contributed by atoms with van der Waals surface area (Å²) in [5.41, 5.74) is 9.59. The number of anilines is 2. The summed E-state index contributed by atoms with van der Waals surface area (Å²) in [5, 5.41) is 5.71. The Hall–Kier alpha value is -4.58. The standard InChI is InChI=1S/C30H31FN8O3/c1-15-13-20-19(14-34-39(20)21-8-4-5-11-41-21)22(16(15)2)25-24(31)26-23-28(37-30(40)36-26)38(10-12-42-29(23)35-25)17(3)18-7-6-9-33-27(18)32/h6-7,9,13-14,17,21H,4-5,8,10-12H2,1-3H3,(H2,32,33)(H,36,37,40). The minimum absolute atomic E-state index is 0.0136. The number of aromatic amines is 1. The number of benzene rings is 1. The van der Waals surface area contributed by atoms with Crippen LogP contribution in [0, 0.1) is 19.7 Å². The fourth-order valence-electron chi connectivity index (χ4n) is 6.18. The van der Waals surface area contributed by atoms with Gasteiger partial charge in [0.05, 0.1) is 29.8 Å². The fraction of sp³-hybridized carbons (Fsp3) is 0.367. The molecule has 4 aromatic heterocycles. The maximum atomic E-state index is 16.7. The van der Waals surface area contributed by atoms with E-state index in [0.717, 1.165) is 46.9 Å². The number of rotatable bonds is 4. The quantitative estimate of drug-likeness (QED) is 0.314. The van der Waals surface area contributed by atoms with Crippen LogP contribution in [0.3, 0.4) is 0 Å². The Morgan fingerprint density at radius 3 is 2.86 bits per heavy atom. The number of nitrogens with two attached hydrogens (primary N) is 1. The van der Waals surface area contributed by atoms with Gasteiger partial charge < -0.3 is 25.1 Å². The molecule has 3 N–H and O–H groups in total. The largest absolute Gasteiger partial charge is 0.475 e. The number of hydrogen-bond acceptors (Lipinski definition) is 9. The molecule has 1 fully saturated rings. The lowest BCUT2D eigenvalue weighted by Gasteiger charge is -2.29. The molecule has 5 aromatic rings. The first-order valence-corrected chi connectivity index (χ1v) is 14.2. The molecule has 0 bridgehead atoms. The van der Waals surface area contributed by atoms with Crippen molar-refractivity contribution >= 4 is 33.4 Å². The third-order valence-corrected chi connectivity index (χ3v) is 8.49. The first kappa shape index (κ1) is 26.3. The summed E-state index contributed by atoms with van der Waals surface area (Å²) < 4.78 is 30.7. The minimum atomic E-state index is -0.675. The molecule has 2 aliphatic rings. The molecule has 42 heavy (non-hydrogen) atoms. The van der Waals surface area contributed by atoms with Gasteiger partial charge in [0.15, 0.2) is 12.0 Å². The van der Waals surface area contributed by atoms with Crippen molar-refractivity contribution in [3.8, 4) is 17.1 Å². The number of aromatic nitrogens is 6. The number of hydrogen-bond donors (Lipinski definition) is 2. The molecular weight excluding hydrogens is 539 g/mol. The third kappa shape index (κ3) is 4.08. The molecular formula is C30H31FN8O3. The number of fused-ring (bicyclic) bond motifs is 1. The van der Waals surface area contributed by atoms with Crippen molar-refractivity contribution in [1.29, 1.82) is 0 Å². The van der Waals surface area contributed by atoms with Gasteiger partial charge >= 0.3 is 5.69 Å². The molecule has 2 aliphatic heterocycles. The van der Waals surface area contributed by atoms with Crippen LogP contribution in [-0.2, 0) is 4.74 Å². The van der Waals surface area contributed by atoms with Crippen molar-refractivity contribution in [2.75, 3.05) is 30.4 Å². The monoisotopic (exact) mass is 570 g/mol. The minimum Gasteiger partial charge on any atom is -0.475 e. The second-order valence-corrected chi connectivity index (χ2v) is 10.9. The van der Waals surface area contributed by atoms with Gasteiger partial charge in [-0.05, 0) is 63.3 Å². The highest BCUT2D eigenvalue weighted by atomic mass is 19.1. The lowest BCUT2D eigenvalue weighted by molar-refractivity contribution is -0.0366. The summed E-state index contributed by atoms with van der Waals surface area (Å²) in [7, 11) is 0. The van der Waals surface area contributed by atoms with Crippen molar-refractivity contribution in [2.24, 2.45) is 0 Å². The summed E-state index contributed by atoms with van der Waals surface area (Å²) in [6, 6.07) is 5.40. The van der Waals surface area contributed by atoms with Crippen molar-refractivity contribution in [2.45, 2.75) is 52.3 Å². The van der Waals surface area contributed by atoms with Crippen molar-refractivity contribution < 1.29 is 13.9 Å². The highest BCUT2D eigenvalue weighted by Crippen LogP contribution is 2.43. The summed E-state index contributed by atoms with van der Waals surface area (Å²) in [6.07, 6.45) is 6.11. The highest BCUT2D eigenvalue weighted by molar-refractivity contribution is 6.01. The zero-order valence-electron chi connectivity index (χ0n) is 23.6. The van der Waals surface area contributed by atoms with Gasteiger partial charge in [0.2, 0.25) is 5.88 Å². The van der Waals surface area contributed by atoms with Crippen LogP contribution < -0.4 is 21.1 Å². The van der Waals surface area contributed by atoms with E-state index in [1.807, 2.05) is 36.4 Å². The van der Waals surface area contributed by atoms with E-state index >= 15 is 4.39 Å². The SMILES string of the molecule is Cc1cc2c(cnn2C2CCCCO2)c(-c2nc3c4c(nc(=O)[nH]c4c2F)N(C(C)c2cccnc2N)CCO3)c1C. The van der Waals surface area contributed by atoms with Crippen LogP contribution in [0.5, 0.6) is 5.88 Å². The van der Waals surface area contributed by atoms with Gasteiger partial charge in [0.1, 0.15) is 29.3 Å². The molecule has 0 spiro atoms. The van der Waals surface area contributed by atoms with E-state index in [1.54, 1.807) is 18.5 Å². The smallest absolute Gasteiger partial charge is 0.347 e. The summed E-state index contributed by atoms with van der Waals surface area (Å²) in [5.74, 6) is 0.189. The second-order valence-electron chi connectivity index (χ2n) is 10.9. The number of ether oxygens (including phenoxy) is 2. The Balaban J connectivity index is 1.44. The van der Waals surface area contributed by atoms with E-state index in [2.05, 4.69) is 26.1 Å². The van der Waals surface area contributed by atoms with E-state index < -0.39 is 11.5 Å². The summed E-state index contributed by atoms with van der Waals surface area (Å²) in [4.78, 5) is 30.7. The molecule has 0 amide bonds. The first-order chi connectivity index (χ1) is 20.3. The van der Waals surface area contributed by atoms with Gasteiger partial charge in [-0.25, -0.2) is 23.8 Å². The van der Waals surface area contributed by atoms with Crippen LogP contribution >= 0.6 is 0 Å². The molecule has 1 saturated heterocycles. The molecule has 216 valence electrons. The number of pyridine rings is 2. The molecule has 6 heterocycles. The maximum absolute atomic E-state index is 16.7. The first-order valence-electron chi connectivity index (χ1n) is 14.2. The van der Waals surface area contributed by atoms with Gasteiger partial charge in [-0.1, -0.05) is 6.07 Å². The van der Waals surface area contributed by atoms with Gasteiger partial charge in [0, 0.05) is 29.3 Å². The van der Waals surface area contributed by atoms with E-state index in [0.29, 0.717) is 29.9 Å². The van der Waals surface area contributed by atoms with E-state index in [9.17, 15) is 4.79 Å². The Morgan fingerprint density at radius 2 is 2.07 bits per heavy atom. The Bertz CT molecular complexity index is 1910. The lowest BCUT2D eigenvalue weighted by atomic mass is 9.95. The van der Waals surface area contributed by atoms with Crippen molar-refractivity contribution in [3.63, 3.8) is 0 Å². The lowest BCUT2D eigenvalue weighted by Crippen LogP contribution is -2.32. The molecule has 0 saturated carbocycles. The van der Waals surface area contributed by atoms with Crippen molar-refractivity contribution in [3.05, 3.63) is 63.6 Å². The Labute approximate surface area is 240 Å². The molecule has 0 aliphatic carbocycles. The number of nitrogens with zero attached hydrogens (tertiary/aromatic N) is 6. The van der Waals surface area contributed by atoms with Gasteiger partial charge in [-0.15, -0.1) is 0 Å². The van der Waals surface area contributed by atoms with Crippen LogP contribution in [0.25, 0.3) is 33.1 Å². The molecule has 2 unspecified atom stereocenters. The molecule has 11 nitrogen and oxygen atoms in total. The van der Waals surface area contributed by atoms with Crippen LogP contribution in [0.2, 0.25) is 0 Å². The van der Waals surface area contributed by atoms with Crippen LogP contribution in [0.15, 0.2) is 35.4 Å². The average molecular weight is 571 g/mol. The van der Waals surface area contributed by atoms with Crippen LogP contribution in [-0.4, -0.2) is 49.5 Å². The molecule has 1 aromatic carbocycles. The van der Waals surface area contributed by atoms with Crippen LogP contribution in [0.4, 0.5) is 16.0 Å². The number of H-pyrrole nitrogens is 1. The van der Waals surface area contributed by atoms with Crippen molar-refractivity contribution in [1.82, 2.24) is 29.7 Å². The number of aryl methyl sites for hydroxylation is 1. The summed E-state index contributed by atoms with van der Waals surface area (Å²) in [6.45, 7) is 7.14. The highest BCUT2D eigenvalue weighted by Gasteiger charge is 2.31. The molecule has 12 heteroatoms. The van der Waals surface area contributed by atoms with Gasteiger partial charge in [-0.2, -0.15) is 10.1 Å². The Kier molecular flexibility index (Phi) is 6.30. The summed E-state index contributed by atoms with van der Waals surface area (Å²) >= 11 is 0. The normalized spacial score (nSPS) is 17.8. The Morgan fingerprint density at radius 1 is 1.21 bits per heavy atom. The maximum Gasteiger partial charge on any atom is 0.347 e. The topological polar surface area (TPSA) is 137 Å². The number of nitrogens with one attached hydrogen (secondary N) is 1. The third-order valence-electron chi connectivity index (χ3n) is 8.49.